The molecule has 1 aliphatic rings. The number of rotatable bonds is 7. The van der Waals surface area contributed by atoms with E-state index >= 15 is 0 Å². The Morgan fingerprint density at radius 3 is 2.27 bits per heavy atom. The summed E-state index contributed by atoms with van der Waals surface area (Å²) < 4.78 is 34.9. The van der Waals surface area contributed by atoms with E-state index in [0.29, 0.717) is 36.7 Å². The summed E-state index contributed by atoms with van der Waals surface area (Å²) in [5, 5.41) is 2.81. The number of nitrogens with zero attached hydrogens (tertiary/aromatic N) is 3. The van der Waals surface area contributed by atoms with Gasteiger partial charge in [0.15, 0.2) is 0 Å². The molecule has 1 aliphatic heterocycles. The number of sulfonamides is 1. The predicted octanol–water partition coefficient (Wildman–Crippen LogP) is 3.82. The summed E-state index contributed by atoms with van der Waals surface area (Å²) in [6.45, 7) is 1.45. The summed E-state index contributed by atoms with van der Waals surface area (Å²) in [6.07, 6.45) is 7.47. The van der Waals surface area contributed by atoms with Crippen molar-refractivity contribution >= 4 is 21.6 Å². The van der Waals surface area contributed by atoms with Crippen LogP contribution in [0.4, 0.5) is 5.69 Å². The molecule has 1 fully saturated rings. The van der Waals surface area contributed by atoms with E-state index in [4.69, 9.17) is 4.74 Å². The molecule has 0 bridgehead atoms. The minimum Gasteiger partial charge on any atom is -0.486 e. The molecule has 0 aliphatic carbocycles. The van der Waals surface area contributed by atoms with Crippen LogP contribution in [0, 0.1) is 0 Å². The van der Waals surface area contributed by atoms with Gasteiger partial charge in [0.05, 0.1) is 4.90 Å². The maximum Gasteiger partial charge on any atom is 0.255 e. The van der Waals surface area contributed by atoms with Crippen molar-refractivity contribution in [2.24, 2.45) is 7.05 Å². The van der Waals surface area contributed by atoms with Gasteiger partial charge in [0, 0.05) is 43.8 Å². The monoisotopic (exact) mass is 468 g/mol. The normalized spacial score (nSPS) is 15.1. The van der Waals surface area contributed by atoms with E-state index < -0.39 is 10.0 Å². The number of amides is 1. The van der Waals surface area contributed by atoms with Gasteiger partial charge >= 0.3 is 0 Å². The fourth-order valence-electron chi connectivity index (χ4n) is 3.73. The Morgan fingerprint density at radius 2 is 1.67 bits per heavy atom. The number of anilines is 1. The van der Waals surface area contributed by atoms with Gasteiger partial charge in [0.25, 0.3) is 5.91 Å². The van der Waals surface area contributed by atoms with Crippen molar-refractivity contribution in [3.05, 3.63) is 72.3 Å². The van der Waals surface area contributed by atoms with Crippen molar-refractivity contribution in [1.82, 2.24) is 13.9 Å². The Hall–Kier alpha value is -3.17. The maximum atomic E-state index is 12.9. The summed E-state index contributed by atoms with van der Waals surface area (Å²) in [7, 11) is -1.61. The minimum absolute atomic E-state index is 0.247. The molecule has 1 saturated heterocycles. The third-order valence-electron chi connectivity index (χ3n) is 5.72. The Morgan fingerprint density at radius 1 is 1.00 bits per heavy atom. The highest BCUT2D eigenvalue weighted by molar-refractivity contribution is 7.89. The Labute approximate surface area is 194 Å². The average molecular weight is 469 g/mol. The first-order valence-corrected chi connectivity index (χ1v) is 12.5. The molecule has 8 nitrogen and oxygen atoms in total. The molecule has 33 heavy (non-hydrogen) atoms. The second-order valence-corrected chi connectivity index (χ2v) is 10.0. The summed E-state index contributed by atoms with van der Waals surface area (Å²) in [6, 6.07) is 13.2. The van der Waals surface area contributed by atoms with E-state index in [-0.39, 0.29) is 10.8 Å². The molecule has 0 saturated carbocycles. The van der Waals surface area contributed by atoms with Gasteiger partial charge in [-0.05, 0) is 61.4 Å². The molecule has 0 atom stereocenters. The number of aromatic nitrogens is 2. The van der Waals surface area contributed by atoms with Gasteiger partial charge in [-0.1, -0.05) is 12.8 Å². The molecule has 0 unspecified atom stereocenters. The zero-order valence-corrected chi connectivity index (χ0v) is 19.4. The topological polar surface area (TPSA) is 93.5 Å². The third-order valence-corrected chi connectivity index (χ3v) is 7.63. The highest BCUT2D eigenvalue weighted by atomic mass is 32.2. The van der Waals surface area contributed by atoms with Crippen LogP contribution in [-0.2, 0) is 23.7 Å². The molecule has 1 N–H and O–H groups in total. The van der Waals surface area contributed by atoms with E-state index in [2.05, 4.69) is 10.3 Å². The number of carbonyl (C=O) groups is 1. The molecule has 4 rings (SSSR count). The number of aryl methyl sites for hydroxylation is 1. The first-order valence-electron chi connectivity index (χ1n) is 11.0. The Bertz CT molecular complexity index is 1180. The molecular weight excluding hydrogens is 440 g/mol. The van der Waals surface area contributed by atoms with Crippen LogP contribution in [0.5, 0.6) is 5.75 Å². The standard InChI is InChI=1S/C24H28N4O4S/c1-27-17-14-25-23(27)18-32-21-10-6-19(7-11-21)24(29)26-20-8-12-22(13-9-20)33(30,31)28-15-4-2-3-5-16-28/h6-14,17H,2-5,15-16,18H2,1H3,(H,26,29). The van der Waals surface area contributed by atoms with Crippen molar-refractivity contribution in [3.8, 4) is 5.75 Å². The smallest absolute Gasteiger partial charge is 0.255 e. The Balaban J connectivity index is 1.35. The second-order valence-electron chi connectivity index (χ2n) is 8.06. The average Bonchev–Trinajstić information content (AvgIpc) is 3.05. The van der Waals surface area contributed by atoms with E-state index in [0.717, 1.165) is 31.5 Å². The maximum absolute atomic E-state index is 12.9. The molecular formula is C24H28N4O4S. The predicted molar refractivity (Wildman–Crippen MR) is 126 cm³/mol. The minimum atomic E-state index is -3.51. The van der Waals surface area contributed by atoms with Crippen LogP contribution in [0.3, 0.4) is 0 Å². The number of ether oxygens (including phenoxy) is 1. The Kier molecular flexibility index (Phi) is 7.10. The lowest BCUT2D eigenvalue weighted by Crippen LogP contribution is -2.31. The van der Waals surface area contributed by atoms with Gasteiger partial charge in [0.2, 0.25) is 10.0 Å². The summed E-state index contributed by atoms with van der Waals surface area (Å²) in [4.78, 5) is 17.0. The summed E-state index contributed by atoms with van der Waals surface area (Å²) in [5.41, 5.74) is 1.01. The van der Waals surface area contributed by atoms with E-state index in [1.54, 1.807) is 59.0 Å². The highest BCUT2D eigenvalue weighted by Gasteiger charge is 2.25. The van der Waals surface area contributed by atoms with Crippen molar-refractivity contribution in [3.63, 3.8) is 0 Å². The van der Waals surface area contributed by atoms with E-state index in [1.807, 2.05) is 17.8 Å². The van der Waals surface area contributed by atoms with Crippen LogP contribution in [0.25, 0.3) is 0 Å². The molecule has 174 valence electrons. The van der Waals surface area contributed by atoms with Crippen molar-refractivity contribution in [2.45, 2.75) is 37.2 Å². The molecule has 2 aromatic carbocycles. The van der Waals surface area contributed by atoms with E-state index in [1.165, 1.54) is 0 Å². The number of benzene rings is 2. The van der Waals surface area contributed by atoms with Crippen molar-refractivity contribution < 1.29 is 17.9 Å². The van der Waals surface area contributed by atoms with Crippen LogP contribution in [-0.4, -0.2) is 41.3 Å². The lowest BCUT2D eigenvalue weighted by Gasteiger charge is -2.20. The third kappa shape index (κ3) is 5.61. The van der Waals surface area contributed by atoms with Crippen LogP contribution in [0.2, 0.25) is 0 Å². The SMILES string of the molecule is Cn1ccnc1COc1ccc(C(=O)Nc2ccc(S(=O)(=O)N3CCCCCC3)cc2)cc1. The fourth-order valence-corrected chi connectivity index (χ4v) is 5.25. The van der Waals surface area contributed by atoms with Crippen molar-refractivity contribution in [2.75, 3.05) is 18.4 Å². The van der Waals surface area contributed by atoms with Gasteiger partial charge in [-0.15, -0.1) is 0 Å². The molecule has 1 amide bonds. The van der Waals surface area contributed by atoms with Crippen molar-refractivity contribution in [1.29, 1.82) is 0 Å². The van der Waals surface area contributed by atoms with Gasteiger partial charge in [-0.2, -0.15) is 4.31 Å². The molecule has 3 aromatic rings. The number of carbonyl (C=O) groups excluding carboxylic acids is 1. The van der Waals surface area contributed by atoms with Gasteiger partial charge in [-0.25, -0.2) is 13.4 Å². The lowest BCUT2D eigenvalue weighted by molar-refractivity contribution is 0.102. The number of hydrogen-bond acceptors (Lipinski definition) is 5. The molecule has 9 heteroatoms. The zero-order chi connectivity index (χ0) is 23.3. The summed E-state index contributed by atoms with van der Waals surface area (Å²) >= 11 is 0. The van der Waals surface area contributed by atoms with Gasteiger partial charge < -0.3 is 14.6 Å². The lowest BCUT2D eigenvalue weighted by atomic mass is 10.2. The van der Waals surface area contributed by atoms with Crippen LogP contribution < -0.4 is 10.1 Å². The van der Waals surface area contributed by atoms with Crippen LogP contribution in [0.1, 0.15) is 41.9 Å². The summed E-state index contributed by atoms with van der Waals surface area (Å²) in [5.74, 6) is 1.16. The second kappa shape index (κ2) is 10.2. The fraction of sp³-hybridized carbons (Fsp3) is 0.333. The molecule has 0 spiro atoms. The molecule has 0 radical (unpaired) electrons. The first kappa shape index (κ1) is 23.0. The van der Waals surface area contributed by atoms with Crippen LogP contribution >= 0.6 is 0 Å². The highest BCUT2D eigenvalue weighted by Crippen LogP contribution is 2.22. The van der Waals surface area contributed by atoms with Gasteiger partial charge in [-0.3, -0.25) is 4.79 Å². The quantitative estimate of drug-likeness (QED) is 0.569. The van der Waals surface area contributed by atoms with Gasteiger partial charge in [0.1, 0.15) is 18.2 Å². The van der Waals surface area contributed by atoms with E-state index in [9.17, 15) is 13.2 Å². The number of imidazole rings is 1. The number of hydrogen-bond donors (Lipinski definition) is 1. The molecule has 1 aromatic heterocycles. The first-order chi connectivity index (χ1) is 15.9. The zero-order valence-electron chi connectivity index (χ0n) is 18.6. The largest absolute Gasteiger partial charge is 0.486 e. The van der Waals surface area contributed by atoms with Crippen LogP contribution in [0.15, 0.2) is 65.8 Å². The number of nitrogens with one attached hydrogen (secondary N) is 1. The molecule has 2 heterocycles.